The van der Waals surface area contributed by atoms with Crippen molar-refractivity contribution in [2.24, 2.45) is 0 Å². The Bertz CT molecular complexity index is 1300. The fourth-order valence-corrected chi connectivity index (χ4v) is 3.00. The molecule has 9 heteroatoms. The normalized spacial score (nSPS) is 11.0. The van der Waals surface area contributed by atoms with Crippen molar-refractivity contribution in [2.45, 2.75) is 13.5 Å². The van der Waals surface area contributed by atoms with Crippen molar-refractivity contribution in [1.29, 1.82) is 0 Å². The van der Waals surface area contributed by atoms with E-state index in [9.17, 15) is 18.4 Å². The number of nitrogens with zero attached hydrogens (tertiary/aromatic N) is 3. The van der Waals surface area contributed by atoms with E-state index in [1.807, 2.05) is 0 Å². The van der Waals surface area contributed by atoms with Crippen molar-refractivity contribution in [3.8, 4) is 11.5 Å². The predicted molar refractivity (Wildman–Crippen MR) is 101 cm³/mol. The molecule has 7 nitrogen and oxygen atoms in total. The molecule has 2 aromatic carbocycles. The Hall–Kier alpha value is -3.88. The maximum Gasteiger partial charge on any atom is 0.258 e. The molecule has 1 amide bonds. The van der Waals surface area contributed by atoms with E-state index in [4.69, 9.17) is 4.52 Å². The lowest BCUT2D eigenvalue weighted by Gasteiger charge is -2.12. The van der Waals surface area contributed by atoms with Gasteiger partial charge >= 0.3 is 0 Å². The molecule has 0 spiro atoms. The van der Waals surface area contributed by atoms with Crippen molar-refractivity contribution in [3.05, 3.63) is 76.3 Å². The van der Waals surface area contributed by atoms with E-state index in [2.05, 4.69) is 15.5 Å². The Balaban J connectivity index is 1.71. The van der Waals surface area contributed by atoms with E-state index >= 15 is 0 Å². The third-order valence-electron chi connectivity index (χ3n) is 4.28. The molecular formula is C20H14F2N4O3. The summed E-state index contributed by atoms with van der Waals surface area (Å²) >= 11 is 0. The molecule has 0 fully saturated rings. The molecular weight excluding hydrogens is 382 g/mol. The highest BCUT2D eigenvalue weighted by Crippen LogP contribution is 2.26. The highest BCUT2D eigenvalue weighted by Gasteiger charge is 2.16. The van der Waals surface area contributed by atoms with Crippen molar-refractivity contribution >= 4 is 22.5 Å². The number of para-hydroxylation sites is 1. The van der Waals surface area contributed by atoms with Gasteiger partial charge < -0.3 is 9.84 Å². The number of aryl methyl sites for hydroxylation is 1. The monoisotopic (exact) mass is 396 g/mol. The van der Waals surface area contributed by atoms with Crippen LogP contribution >= 0.6 is 0 Å². The standard InChI is InChI=1S/C20H14F2N4O3/c1-11-23-20(29-25-11)14-9-19(28)26(17-5-3-2-4-13(14)17)10-18(27)24-12-6-7-15(21)16(22)8-12/h2-9H,10H2,1H3,(H,24,27). The van der Waals surface area contributed by atoms with Gasteiger partial charge in [0.2, 0.25) is 5.91 Å². The molecule has 0 bridgehead atoms. The number of amides is 1. The quantitative estimate of drug-likeness (QED) is 0.572. The minimum atomic E-state index is -1.08. The molecule has 2 heterocycles. The number of carbonyl (C=O) groups excluding carboxylic acids is 1. The lowest BCUT2D eigenvalue weighted by atomic mass is 10.1. The van der Waals surface area contributed by atoms with Gasteiger partial charge in [0, 0.05) is 23.2 Å². The summed E-state index contributed by atoms with van der Waals surface area (Å²) < 4.78 is 32.8. The summed E-state index contributed by atoms with van der Waals surface area (Å²) in [6.07, 6.45) is 0. The van der Waals surface area contributed by atoms with Crippen LogP contribution in [0.25, 0.3) is 22.4 Å². The zero-order valence-corrected chi connectivity index (χ0v) is 15.1. The number of carbonyl (C=O) groups is 1. The van der Waals surface area contributed by atoms with Gasteiger partial charge in [-0.05, 0) is 25.1 Å². The number of pyridine rings is 1. The van der Waals surface area contributed by atoms with Crippen LogP contribution in [-0.4, -0.2) is 20.6 Å². The largest absolute Gasteiger partial charge is 0.334 e. The van der Waals surface area contributed by atoms with Crippen molar-refractivity contribution in [2.75, 3.05) is 5.32 Å². The molecule has 0 saturated carbocycles. The van der Waals surface area contributed by atoms with Crippen LogP contribution in [0, 0.1) is 18.6 Å². The predicted octanol–water partition coefficient (Wildman–Crippen LogP) is 3.28. The van der Waals surface area contributed by atoms with Gasteiger partial charge in [0.25, 0.3) is 11.4 Å². The van der Waals surface area contributed by atoms with Crippen molar-refractivity contribution < 1.29 is 18.1 Å². The third kappa shape index (κ3) is 3.62. The van der Waals surface area contributed by atoms with Crippen LogP contribution in [0.15, 0.2) is 57.8 Å². The number of aromatic nitrogens is 3. The van der Waals surface area contributed by atoms with Gasteiger partial charge in [-0.15, -0.1) is 0 Å². The molecule has 0 aliphatic heterocycles. The van der Waals surface area contributed by atoms with E-state index in [0.717, 1.165) is 12.1 Å². The van der Waals surface area contributed by atoms with Crippen molar-refractivity contribution in [3.63, 3.8) is 0 Å². The maximum absolute atomic E-state index is 13.3. The first kappa shape index (κ1) is 18.5. The smallest absolute Gasteiger partial charge is 0.258 e. The van der Waals surface area contributed by atoms with E-state index in [0.29, 0.717) is 22.3 Å². The average molecular weight is 396 g/mol. The summed E-state index contributed by atoms with van der Waals surface area (Å²) in [6.45, 7) is 1.35. The maximum atomic E-state index is 13.3. The minimum Gasteiger partial charge on any atom is -0.334 e. The minimum absolute atomic E-state index is 0.0872. The molecule has 4 aromatic rings. The highest BCUT2D eigenvalue weighted by molar-refractivity contribution is 5.95. The molecule has 1 N–H and O–H groups in total. The van der Waals surface area contributed by atoms with E-state index in [1.54, 1.807) is 31.2 Å². The SMILES string of the molecule is Cc1noc(-c2cc(=O)n(CC(=O)Nc3ccc(F)c(F)c3)c3ccccc23)n1. The summed E-state index contributed by atoms with van der Waals surface area (Å²) in [5, 5.41) is 6.85. The van der Waals surface area contributed by atoms with Crippen LogP contribution < -0.4 is 10.9 Å². The first-order valence-electron chi connectivity index (χ1n) is 8.60. The average Bonchev–Trinajstić information content (AvgIpc) is 3.13. The van der Waals surface area contributed by atoms with Gasteiger partial charge in [-0.3, -0.25) is 14.2 Å². The molecule has 4 rings (SSSR count). The Morgan fingerprint density at radius 1 is 1.14 bits per heavy atom. The number of fused-ring (bicyclic) bond motifs is 1. The van der Waals surface area contributed by atoms with Gasteiger partial charge in [-0.1, -0.05) is 23.4 Å². The van der Waals surface area contributed by atoms with Crippen LogP contribution in [0.2, 0.25) is 0 Å². The number of hydrogen-bond donors (Lipinski definition) is 1. The molecule has 0 radical (unpaired) electrons. The number of halogens is 2. The van der Waals surface area contributed by atoms with Gasteiger partial charge in [-0.2, -0.15) is 4.98 Å². The summed E-state index contributed by atoms with van der Waals surface area (Å²) in [5.41, 5.74) is 0.592. The van der Waals surface area contributed by atoms with Crippen LogP contribution in [0.4, 0.5) is 14.5 Å². The Morgan fingerprint density at radius 3 is 2.66 bits per heavy atom. The molecule has 0 unspecified atom stereocenters. The summed E-state index contributed by atoms with van der Waals surface area (Å²) in [7, 11) is 0. The van der Waals surface area contributed by atoms with E-state index < -0.39 is 23.1 Å². The molecule has 2 aromatic heterocycles. The zero-order chi connectivity index (χ0) is 20.5. The molecule has 0 aliphatic rings. The second kappa shape index (κ2) is 7.27. The van der Waals surface area contributed by atoms with Gasteiger partial charge in [0.1, 0.15) is 6.54 Å². The lowest BCUT2D eigenvalue weighted by Crippen LogP contribution is -2.27. The van der Waals surface area contributed by atoms with Gasteiger partial charge in [0.05, 0.1) is 11.1 Å². The second-order valence-electron chi connectivity index (χ2n) is 6.32. The topological polar surface area (TPSA) is 90.0 Å². The fraction of sp³-hybridized carbons (Fsp3) is 0.100. The van der Waals surface area contributed by atoms with Crippen LogP contribution in [0.1, 0.15) is 5.82 Å². The molecule has 0 atom stereocenters. The molecule has 0 saturated heterocycles. The summed E-state index contributed by atoms with van der Waals surface area (Å²) in [6, 6.07) is 11.3. The summed E-state index contributed by atoms with van der Waals surface area (Å²) in [4.78, 5) is 29.3. The third-order valence-corrected chi connectivity index (χ3v) is 4.28. The van der Waals surface area contributed by atoms with E-state index in [1.165, 1.54) is 16.7 Å². The second-order valence-corrected chi connectivity index (χ2v) is 6.32. The molecule has 146 valence electrons. The number of hydrogen-bond acceptors (Lipinski definition) is 5. The van der Waals surface area contributed by atoms with Crippen LogP contribution in [-0.2, 0) is 11.3 Å². The van der Waals surface area contributed by atoms with Crippen LogP contribution in [0.5, 0.6) is 0 Å². The highest BCUT2D eigenvalue weighted by atomic mass is 19.2. The van der Waals surface area contributed by atoms with Gasteiger partial charge in [-0.25, -0.2) is 8.78 Å². The Kier molecular flexibility index (Phi) is 4.63. The van der Waals surface area contributed by atoms with Crippen LogP contribution in [0.3, 0.4) is 0 Å². The Labute approximate surface area is 162 Å². The number of benzene rings is 2. The zero-order valence-electron chi connectivity index (χ0n) is 15.1. The number of rotatable bonds is 4. The van der Waals surface area contributed by atoms with Gasteiger partial charge in [0.15, 0.2) is 17.5 Å². The first-order chi connectivity index (χ1) is 13.9. The summed E-state index contributed by atoms with van der Waals surface area (Å²) in [5.74, 6) is -2.03. The molecule has 29 heavy (non-hydrogen) atoms. The molecule has 0 aliphatic carbocycles. The van der Waals surface area contributed by atoms with E-state index in [-0.39, 0.29) is 18.1 Å². The number of nitrogens with one attached hydrogen (secondary N) is 1. The Morgan fingerprint density at radius 2 is 1.93 bits per heavy atom. The number of anilines is 1. The van der Waals surface area contributed by atoms with Crippen molar-refractivity contribution in [1.82, 2.24) is 14.7 Å². The lowest BCUT2D eigenvalue weighted by molar-refractivity contribution is -0.116. The fourth-order valence-electron chi connectivity index (χ4n) is 3.00. The first-order valence-corrected chi connectivity index (χ1v) is 8.60.